The number of carbonyl (C=O) groups excluding carboxylic acids is 2. The summed E-state index contributed by atoms with van der Waals surface area (Å²) in [5.74, 6) is -3.73. The zero-order chi connectivity index (χ0) is 35.9. The maximum atomic E-state index is 15.8. The van der Waals surface area contributed by atoms with Crippen LogP contribution in [-0.2, 0) is 23.2 Å². The first-order valence-corrected chi connectivity index (χ1v) is 17.2. The van der Waals surface area contributed by atoms with Gasteiger partial charge in [-0.15, -0.1) is 0 Å². The average Bonchev–Trinajstić information content (AvgIpc) is 3.07. The summed E-state index contributed by atoms with van der Waals surface area (Å²) in [5, 5.41) is 5.66. The first-order valence-electron chi connectivity index (χ1n) is 16.8. The van der Waals surface area contributed by atoms with Crippen LogP contribution in [0, 0.1) is 19.7 Å². The Morgan fingerprint density at radius 1 is 1.02 bits per heavy atom. The molecule has 10 nitrogen and oxygen atoms in total. The van der Waals surface area contributed by atoms with E-state index in [-0.39, 0.29) is 30.9 Å². The maximum Gasteiger partial charge on any atom is 0.275 e. The fourth-order valence-corrected chi connectivity index (χ4v) is 7.61. The van der Waals surface area contributed by atoms with Crippen molar-refractivity contribution in [3.8, 4) is 16.9 Å². The molecule has 1 aromatic heterocycles. The number of carbonyl (C=O) groups is 2. The van der Waals surface area contributed by atoms with Gasteiger partial charge in [0.2, 0.25) is 11.8 Å². The minimum absolute atomic E-state index is 0.0751. The standard InChI is InChI=1S/C36H42ClF3N6O4/c1-21-22(2)35(49)43(3)18-25(21)23-15-27(37)26(31(16-23)50-4)19-44-10-9-32(36(39,40)20-44)46-13-11-45(12-14-46)30-7-5-24(17-28(30)38)41-29-6-8-33(47)42-34(29)48/h5,7,15-18,29,32,41H,6,8-14,19-20H2,1-4H3,(H,42,47,48). The molecule has 3 fully saturated rings. The lowest BCUT2D eigenvalue weighted by molar-refractivity contribution is -0.133. The maximum absolute atomic E-state index is 15.8. The molecule has 2 N–H and O–H groups in total. The van der Waals surface area contributed by atoms with Crippen molar-refractivity contribution < 1.29 is 27.5 Å². The second kappa shape index (κ2) is 14.3. The highest BCUT2D eigenvalue weighted by molar-refractivity contribution is 6.32. The van der Waals surface area contributed by atoms with Crippen LogP contribution in [0.15, 0.2) is 41.3 Å². The number of aryl methyl sites for hydroxylation is 1. The van der Waals surface area contributed by atoms with Gasteiger partial charge in [-0.2, -0.15) is 0 Å². The first-order chi connectivity index (χ1) is 23.7. The molecule has 2 atom stereocenters. The lowest BCUT2D eigenvalue weighted by Crippen LogP contribution is -2.61. The molecule has 0 saturated carbocycles. The number of likely N-dealkylation sites (tertiary alicyclic amines) is 1. The van der Waals surface area contributed by atoms with E-state index in [2.05, 4.69) is 10.6 Å². The van der Waals surface area contributed by atoms with Crippen molar-refractivity contribution in [3.05, 3.63) is 74.4 Å². The van der Waals surface area contributed by atoms with Crippen LogP contribution in [0.25, 0.3) is 11.1 Å². The Balaban J connectivity index is 1.07. The number of imide groups is 1. The van der Waals surface area contributed by atoms with E-state index in [0.29, 0.717) is 72.4 Å². The molecule has 0 bridgehead atoms. The van der Waals surface area contributed by atoms with Crippen LogP contribution < -0.4 is 25.8 Å². The SMILES string of the molecule is COc1cc(-c2cn(C)c(=O)c(C)c2C)cc(Cl)c1CN1CCC(N2CCN(c3ccc(NC4CCC(=O)NC4=O)cc3F)CC2)C(F)(F)C1. The van der Waals surface area contributed by atoms with Crippen LogP contribution in [0.4, 0.5) is 24.5 Å². The molecule has 3 aliphatic heterocycles. The number of piperidine rings is 2. The number of rotatable bonds is 8. The Hall–Kier alpha value is -4.07. The van der Waals surface area contributed by atoms with Gasteiger partial charge in [0.25, 0.3) is 11.5 Å². The van der Waals surface area contributed by atoms with Crippen molar-refractivity contribution in [2.75, 3.05) is 56.6 Å². The van der Waals surface area contributed by atoms with Gasteiger partial charge in [-0.05, 0) is 68.1 Å². The van der Waals surface area contributed by atoms with Crippen molar-refractivity contribution >= 4 is 34.8 Å². The molecule has 2 aromatic carbocycles. The number of pyridine rings is 1. The number of nitrogens with one attached hydrogen (secondary N) is 2. The highest BCUT2D eigenvalue weighted by atomic mass is 35.5. The molecule has 0 spiro atoms. The molecule has 3 saturated heterocycles. The van der Waals surface area contributed by atoms with Gasteiger partial charge >= 0.3 is 0 Å². The Labute approximate surface area is 294 Å². The number of hydrogen-bond donors (Lipinski definition) is 2. The largest absolute Gasteiger partial charge is 0.496 e. The number of anilines is 2. The Bertz CT molecular complexity index is 1860. The second-order valence-corrected chi connectivity index (χ2v) is 13.9. The topological polar surface area (TPSA) is 99.2 Å². The average molecular weight is 715 g/mol. The second-order valence-electron chi connectivity index (χ2n) is 13.5. The molecule has 50 heavy (non-hydrogen) atoms. The van der Waals surface area contributed by atoms with Gasteiger partial charge in [0, 0.05) is 86.3 Å². The van der Waals surface area contributed by atoms with Crippen LogP contribution >= 0.6 is 11.6 Å². The Morgan fingerprint density at radius 3 is 2.42 bits per heavy atom. The highest BCUT2D eigenvalue weighted by Crippen LogP contribution is 2.38. The lowest BCUT2D eigenvalue weighted by Gasteiger charge is -2.46. The minimum atomic E-state index is -2.99. The number of methoxy groups -OCH3 is 1. The normalized spacial score (nSPS) is 21.6. The summed E-state index contributed by atoms with van der Waals surface area (Å²) in [4.78, 5) is 41.2. The van der Waals surface area contributed by atoms with Gasteiger partial charge < -0.3 is 19.5 Å². The third-order valence-corrected chi connectivity index (χ3v) is 10.6. The van der Waals surface area contributed by atoms with E-state index in [4.69, 9.17) is 16.3 Å². The van der Waals surface area contributed by atoms with Crippen molar-refractivity contribution in [2.24, 2.45) is 7.05 Å². The number of halogens is 4. The third-order valence-electron chi connectivity index (χ3n) is 10.3. The molecular formula is C36H42ClF3N6O4. The number of alkyl halides is 2. The van der Waals surface area contributed by atoms with Gasteiger partial charge in [0.15, 0.2) is 0 Å². The summed E-state index contributed by atoms with van der Waals surface area (Å²) in [6.45, 7) is 5.36. The van der Waals surface area contributed by atoms with Crippen molar-refractivity contribution in [1.82, 2.24) is 19.7 Å². The Kier molecular flexibility index (Phi) is 10.2. The van der Waals surface area contributed by atoms with E-state index in [1.807, 2.05) is 22.8 Å². The van der Waals surface area contributed by atoms with Gasteiger partial charge in [-0.1, -0.05) is 11.6 Å². The van der Waals surface area contributed by atoms with Gasteiger partial charge in [0.1, 0.15) is 17.6 Å². The molecule has 2 unspecified atom stereocenters. The van der Waals surface area contributed by atoms with E-state index in [0.717, 1.165) is 16.7 Å². The first kappa shape index (κ1) is 35.7. The van der Waals surface area contributed by atoms with E-state index >= 15 is 13.2 Å². The fraction of sp³-hybridized carbons (Fsp3) is 0.472. The van der Waals surface area contributed by atoms with E-state index in [1.54, 1.807) is 43.3 Å². The number of hydrogen-bond acceptors (Lipinski definition) is 8. The van der Waals surface area contributed by atoms with E-state index in [1.165, 1.54) is 17.7 Å². The minimum Gasteiger partial charge on any atom is -0.496 e. The monoisotopic (exact) mass is 714 g/mol. The summed E-state index contributed by atoms with van der Waals surface area (Å²) in [5.41, 5.74) is 4.44. The number of amides is 2. The molecular weight excluding hydrogens is 673 g/mol. The van der Waals surface area contributed by atoms with Gasteiger partial charge in [0.05, 0.1) is 25.4 Å². The number of ether oxygens (including phenoxy) is 1. The quantitative estimate of drug-likeness (QED) is 0.324. The molecule has 14 heteroatoms. The summed E-state index contributed by atoms with van der Waals surface area (Å²) in [6, 6.07) is 6.69. The summed E-state index contributed by atoms with van der Waals surface area (Å²) < 4.78 is 54.0. The molecule has 3 aromatic rings. The highest BCUT2D eigenvalue weighted by Gasteiger charge is 2.48. The van der Waals surface area contributed by atoms with Crippen LogP contribution in [0.3, 0.4) is 0 Å². The molecule has 4 heterocycles. The number of benzene rings is 2. The number of piperazine rings is 1. The predicted molar refractivity (Wildman–Crippen MR) is 187 cm³/mol. The summed E-state index contributed by atoms with van der Waals surface area (Å²) in [6.07, 6.45) is 2.56. The van der Waals surface area contributed by atoms with Gasteiger partial charge in [-0.25, -0.2) is 13.2 Å². The van der Waals surface area contributed by atoms with E-state index in [9.17, 15) is 14.4 Å². The molecule has 0 aliphatic carbocycles. The zero-order valence-electron chi connectivity index (χ0n) is 28.6. The van der Waals surface area contributed by atoms with E-state index < -0.39 is 36.3 Å². The van der Waals surface area contributed by atoms with Crippen LogP contribution in [0.5, 0.6) is 5.75 Å². The smallest absolute Gasteiger partial charge is 0.275 e. The number of aromatic nitrogens is 1. The zero-order valence-corrected chi connectivity index (χ0v) is 29.4. The van der Waals surface area contributed by atoms with Crippen molar-refractivity contribution in [3.63, 3.8) is 0 Å². The molecule has 6 rings (SSSR count). The third kappa shape index (κ3) is 7.22. The Morgan fingerprint density at radius 2 is 1.76 bits per heavy atom. The van der Waals surface area contributed by atoms with Crippen molar-refractivity contribution in [1.29, 1.82) is 0 Å². The van der Waals surface area contributed by atoms with Gasteiger partial charge in [-0.3, -0.25) is 29.5 Å². The van der Waals surface area contributed by atoms with Crippen LogP contribution in [0.1, 0.15) is 36.0 Å². The molecule has 0 radical (unpaired) electrons. The van der Waals surface area contributed by atoms with Crippen LogP contribution in [0.2, 0.25) is 5.02 Å². The molecule has 2 amide bonds. The van der Waals surface area contributed by atoms with Crippen LogP contribution in [-0.4, -0.2) is 90.6 Å². The predicted octanol–water partition coefficient (Wildman–Crippen LogP) is 4.72. The fourth-order valence-electron chi connectivity index (χ4n) is 7.34. The van der Waals surface area contributed by atoms with Crippen molar-refractivity contribution in [2.45, 2.75) is 57.7 Å². The summed E-state index contributed by atoms with van der Waals surface area (Å²) >= 11 is 6.77. The summed E-state index contributed by atoms with van der Waals surface area (Å²) in [7, 11) is 3.22. The molecule has 268 valence electrons. The lowest BCUT2D eigenvalue weighted by atomic mass is 9.96. The number of nitrogens with zero attached hydrogens (tertiary/aromatic N) is 4. The molecule has 3 aliphatic rings.